The predicted molar refractivity (Wildman–Crippen MR) is 508 cm³/mol. The number of carboxylic acid groups (broad SMARTS) is 2. The lowest BCUT2D eigenvalue weighted by atomic mass is 10.0. The third kappa shape index (κ3) is 36.9. The van der Waals surface area contributed by atoms with Crippen LogP contribution in [0.15, 0.2) is 85.2 Å². The molecule has 18 amide bonds. The number of rotatable bonds is 58. The molecule has 0 spiro atoms. The van der Waals surface area contributed by atoms with Gasteiger partial charge in [-0.1, -0.05) is 90.1 Å². The van der Waals surface area contributed by atoms with Crippen molar-refractivity contribution in [3.05, 3.63) is 102 Å². The van der Waals surface area contributed by atoms with Crippen LogP contribution in [0.1, 0.15) is 143 Å². The number of aromatic nitrogens is 2. The fourth-order valence-electron chi connectivity index (χ4n) is 14.9. The second-order valence-corrected chi connectivity index (χ2v) is 35.6. The Morgan fingerprint density at radius 2 is 0.855 bits per heavy atom. The molecule has 3 heterocycles. The second kappa shape index (κ2) is 56.3. The third-order valence-electron chi connectivity index (χ3n) is 22.2. The molecule has 5 aromatic rings. The monoisotopic (exact) mass is 1970 g/mol. The van der Waals surface area contributed by atoms with E-state index in [0.717, 1.165) is 0 Å². The number of para-hydroxylation sites is 2. The van der Waals surface area contributed by atoms with E-state index >= 15 is 4.79 Å². The minimum Gasteiger partial charge on any atom is -0.508 e. The smallest absolute Gasteiger partial charge is 0.325 e. The highest BCUT2D eigenvalue weighted by Gasteiger charge is 2.42. The first-order chi connectivity index (χ1) is 65.3. The first-order valence-electron chi connectivity index (χ1n) is 45.3. The number of fused-ring (bicyclic) bond motifs is 2. The van der Waals surface area contributed by atoms with Crippen molar-refractivity contribution in [1.29, 1.82) is 0 Å². The molecule has 0 unspecified atom stereocenters. The molecular formula is C90H130N22O24S2. The van der Waals surface area contributed by atoms with Gasteiger partial charge in [0, 0.05) is 77.9 Å². The van der Waals surface area contributed by atoms with Crippen LogP contribution < -0.4 is 102 Å². The summed E-state index contributed by atoms with van der Waals surface area (Å²) in [6.07, 6.45) is 1.22. The zero-order chi connectivity index (χ0) is 102. The maximum atomic E-state index is 15.1. The maximum Gasteiger partial charge on any atom is 0.325 e. The molecule has 0 bridgehead atoms. The van der Waals surface area contributed by atoms with Gasteiger partial charge >= 0.3 is 11.9 Å². The van der Waals surface area contributed by atoms with E-state index in [9.17, 15) is 112 Å². The number of hydrogen-bond donors (Lipinski definition) is 27. The van der Waals surface area contributed by atoms with Crippen LogP contribution in [0.5, 0.6) is 5.75 Å². The van der Waals surface area contributed by atoms with Gasteiger partial charge in [-0.05, 0) is 137 Å². The Hall–Kier alpha value is -13.5. The van der Waals surface area contributed by atoms with Crippen molar-refractivity contribution >= 4 is 165 Å². The number of likely N-dealkylation sites (tertiary alicyclic amines) is 1. The number of thiol groups is 2. The number of primary amides is 1. The molecule has 2 aromatic heterocycles. The molecule has 0 aliphatic carbocycles. The molecule has 3 aromatic carbocycles. The van der Waals surface area contributed by atoms with Crippen molar-refractivity contribution in [3.63, 3.8) is 0 Å². The van der Waals surface area contributed by atoms with Crippen LogP contribution in [0.3, 0.4) is 0 Å². The van der Waals surface area contributed by atoms with Crippen LogP contribution in [-0.2, 0) is 115 Å². The number of amides is 18. The topological polar surface area (TPSA) is 728 Å². The van der Waals surface area contributed by atoms with Crippen molar-refractivity contribution in [1.82, 2.24) is 99.9 Å². The Bertz CT molecular complexity index is 5110. The maximum absolute atomic E-state index is 15.1. The number of carboxylic acids is 2. The average Bonchev–Trinajstić information content (AvgIpc) is 1.67. The van der Waals surface area contributed by atoms with E-state index in [1.54, 1.807) is 88.6 Å². The summed E-state index contributed by atoms with van der Waals surface area (Å²) in [6.45, 7) is 9.45. The molecule has 6 rings (SSSR count). The van der Waals surface area contributed by atoms with E-state index in [4.69, 9.17) is 17.2 Å². The van der Waals surface area contributed by atoms with E-state index in [0.29, 0.717) is 38.5 Å². The van der Waals surface area contributed by atoms with Gasteiger partial charge in [-0.15, -0.1) is 0 Å². The van der Waals surface area contributed by atoms with Crippen LogP contribution in [0.2, 0.25) is 0 Å². The molecule has 0 saturated carbocycles. The van der Waals surface area contributed by atoms with Crippen LogP contribution >= 0.6 is 25.3 Å². The van der Waals surface area contributed by atoms with Crippen LogP contribution in [-0.4, -0.2) is 295 Å². The van der Waals surface area contributed by atoms with E-state index < -0.39 is 254 Å². The summed E-state index contributed by atoms with van der Waals surface area (Å²) < 4.78 is 0. The van der Waals surface area contributed by atoms with Gasteiger partial charge in [0.05, 0.1) is 38.7 Å². The number of phenols is 1. The molecule has 1 fully saturated rings. The number of hydrogen-bond acceptors (Lipinski definition) is 26. The Kier molecular flexibility index (Phi) is 46.2. The number of nitrogens with one attached hydrogen (secondary N) is 18. The number of nitrogens with two attached hydrogens (primary N) is 3. The number of benzene rings is 3. The molecule has 0 radical (unpaired) electrons. The average molecular weight is 1970 g/mol. The molecule has 28 N–H and O–H groups in total. The van der Waals surface area contributed by atoms with Crippen LogP contribution in [0, 0.1) is 17.8 Å². The van der Waals surface area contributed by atoms with Gasteiger partial charge in [0.2, 0.25) is 106 Å². The fourth-order valence-corrected chi connectivity index (χ4v) is 15.4. The summed E-state index contributed by atoms with van der Waals surface area (Å²) in [7, 11) is 0. The third-order valence-corrected chi connectivity index (χ3v) is 22.9. The highest BCUT2D eigenvalue weighted by atomic mass is 32.1. The standard InChI is InChI=1S/C90H130N22O24S2/c1-45(2)30-56(92)77(122)110-69(44-138)87(132)105-60(26-27-71(93)115)80(125)109-67(42-113)85(130)106-61(31-46(3)4)78(123)97-40-73(117)103-65(36-75(119)120)84(129)104-59(20-13-14-28-91)79(124)108-66(33-50-22-24-53(114)25-23-50)89(134)112-29-15-21-70(112)88(133)98-41-74(118)101-63(34-51-37-94-57-18-11-9-16-54(51)57)82(127)107-62(32-47(5)6)81(126)99-48(7)76(121)96-39-72(116)102-64(35-52-38-95-58-19-12-10-17-55(52)58)83(128)111-68(43-137)86(131)100-49(8)90(135)136/h9-12,16-19,22-25,37-38,45-49,56,59-70,94-95,113-114,137-138H,13-15,20-21,26-36,39-44,91-92H2,1-8H3,(H2,93,115)(H,96,121)(H,97,123)(H,98,133)(H,99,126)(H,100,131)(H,101,118)(H,102,116)(H,103,117)(H,104,129)(H,105,132)(H,106,130)(H,107,127)(H,108,124)(H,109,125)(H,110,122)(H,111,128)(H,119,120)(H,135,136)/t48-,49-,56-,59-,60-,61-,62-,63-,64-,65-,66-,67-,68-,69-,70-/m0/s1. The number of aliphatic carboxylic acids is 2. The Balaban J connectivity index is 1.12. The molecule has 138 heavy (non-hydrogen) atoms. The van der Waals surface area contributed by atoms with Crippen molar-refractivity contribution < 1.29 is 116 Å². The van der Waals surface area contributed by atoms with E-state index in [1.165, 1.54) is 43.0 Å². The van der Waals surface area contributed by atoms with Crippen molar-refractivity contribution in [2.24, 2.45) is 35.0 Å². The Morgan fingerprint density at radius 1 is 0.442 bits per heavy atom. The largest absolute Gasteiger partial charge is 0.508 e. The van der Waals surface area contributed by atoms with Gasteiger partial charge in [0.25, 0.3) is 0 Å². The lowest BCUT2D eigenvalue weighted by Crippen LogP contribution is -2.60. The number of aliphatic hydroxyl groups excluding tert-OH is 1. The molecule has 48 heteroatoms. The van der Waals surface area contributed by atoms with Gasteiger partial charge < -0.3 is 138 Å². The lowest BCUT2D eigenvalue weighted by molar-refractivity contribution is -0.142. The zero-order valence-corrected chi connectivity index (χ0v) is 79.8. The number of aliphatic hydroxyl groups is 1. The van der Waals surface area contributed by atoms with E-state index in [2.05, 4.69) is 120 Å². The molecular weight excluding hydrogens is 1840 g/mol. The molecule has 756 valence electrons. The first-order valence-corrected chi connectivity index (χ1v) is 46.5. The quantitative estimate of drug-likeness (QED) is 0.0129. The van der Waals surface area contributed by atoms with Gasteiger partial charge in [0.1, 0.15) is 90.3 Å². The van der Waals surface area contributed by atoms with Gasteiger partial charge in [-0.3, -0.25) is 95.9 Å². The van der Waals surface area contributed by atoms with E-state index in [-0.39, 0.29) is 119 Å². The summed E-state index contributed by atoms with van der Waals surface area (Å²) in [4.78, 5) is 281. The molecule has 46 nitrogen and oxygen atoms in total. The SMILES string of the molecule is CC(C)C[C@H](NC(=O)[C@H](CO)NC(=O)[C@H](CCC(N)=O)NC(=O)[C@H](CS)NC(=O)[C@@H](N)CC(C)C)C(=O)NCC(=O)N[C@@H](CC(=O)O)C(=O)N[C@@H](CCCCN)C(=O)N[C@@H](Cc1ccc(O)cc1)C(=O)N1CCC[C@H]1C(=O)NCC(=O)N[C@@H](Cc1c[nH]c2ccccc12)C(=O)N[C@@H](CC(C)C)C(=O)N[C@@H](C)C(=O)NCC(=O)N[C@@H](Cc1c[nH]c2ccccc12)C(=O)N[C@@H](CS)C(=O)N[C@@H](C)C(=O)O. The van der Waals surface area contributed by atoms with Gasteiger partial charge in [0.15, 0.2) is 0 Å². The summed E-state index contributed by atoms with van der Waals surface area (Å²) in [5, 5.41) is 80.8. The number of unbranched alkanes of at least 4 members (excludes halogenated alkanes) is 1. The lowest BCUT2D eigenvalue weighted by Gasteiger charge is -2.30. The fraction of sp³-hybridized carbons (Fsp3) is 0.533. The second-order valence-electron chi connectivity index (χ2n) is 34.9. The molecule has 1 aliphatic heterocycles. The highest BCUT2D eigenvalue weighted by molar-refractivity contribution is 7.80. The number of carbonyl (C=O) groups is 20. The number of H-pyrrole nitrogens is 2. The summed E-state index contributed by atoms with van der Waals surface area (Å²) in [5.74, 6) is -21.3. The molecule has 15 atom stereocenters. The number of aromatic hydroxyl groups is 1. The first kappa shape index (κ1) is 113. The Labute approximate surface area is 806 Å². The number of aromatic amines is 2. The minimum atomic E-state index is -1.97. The molecule has 1 saturated heterocycles. The zero-order valence-electron chi connectivity index (χ0n) is 78.1. The van der Waals surface area contributed by atoms with Gasteiger partial charge in [-0.2, -0.15) is 25.3 Å². The number of nitrogens with zero attached hydrogens (tertiary/aromatic N) is 1. The minimum absolute atomic E-state index is 0.0168. The normalized spacial score (nSPS) is 15.4. The highest BCUT2D eigenvalue weighted by Crippen LogP contribution is 2.25. The summed E-state index contributed by atoms with van der Waals surface area (Å²) >= 11 is 8.32. The van der Waals surface area contributed by atoms with Crippen molar-refractivity contribution in [3.8, 4) is 5.75 Å². The van der Waals surface area contributed by atoms with Crippen LogP contribution in [0.4, 0.5) is 0 Å². The summed E-state index contributed by atoms with van der Waals surface area (Å²) in [5.41, 5.74) is 20.0. The predicted octanol–water partition coefficient (Wildman–Crippen LogP) is -4.66. The Morgan fingerprint density at radius 3 is 1.35 bits per heavy atom. The number of phenolic OH excluding ortho intramolecular Hbond substituents is 1. The summed E-state index contributed by atoms with van der Waals surface area (Å²) in [6, 6.07) is -2.29. The van der Waals surface area contributed by atoms with E-state index in [1.807, 2.05) is 13.8 Å². The number of carbonyl (C=O) groups excluding carboxylic acids is 18. The van der Waals surface area contributed by atoms with Crippen molar-refractivity contribution in [2.75, 3.05) is 50.8 Å². The van der Waals surface area contributed by atoms with Gasteiger partial charge in [-0.25, -0.2) is 0 Å². The van der Waals surface area contributed by atoms with Crippen LogP contribution in [0.25, 0.3) is 21.8 Å². The van der Waals surface area contributed by atoms with Crippen molar-refractivity contribution in [2.45, 2.75) is 236 Å². The molecule has 1 aliphatic rings.